The summed E-state index contributed by atoms with van der Waals surface area (Å²) in [7, 11) is 0. The number of ether oxygens (including phenoxy) is 1. The van der Waals surface area contributed by atoms with E-state index in [2.05, 4.69) is 35.3 Å². The first-order valence-electron chi connectivity index (χ1n) is 12.5. The second kappa shape index (κ2) is 8.89. The Morgan fingerprint density at radius 2 is 1.76 bits per heavy atom. The Hall–Kier alpha value is -2.75. The van der Waals surface area contributed by atoms with Gasteiger partial charge in [0.15, 0.2) is 0 Å². The van der Waals surface area contributed by atoms with Gasteiger partial charge in [0, 0.05) is 43.2 Å². The largest absolute Gasteiger partial charge is 0.490 e. The number of carbonyl (C=O) groups excluding carboxylic acids is 2. The Morgan fingerprint density at radius 3 is 2.36 bits per heavy atom. The third-order valence-corrected chi connectivity index (χ3v) is 7.69. The molecular formula is C26H34N4O3. The molecule has 7 nitrogen and oxygen atoms in total. The summed E-state index contributed by atoms with van der Waals surface area (Å²) in [5.74, 6) is 0.334. The van der Waals surface area contributed by atoms with Gasteiger partial charge in [-0.15, -0.1) is 0 Å². The van der Waals surface area contributed by atoms with Gasteiger partial charge in [0.1, 0.15) is 11.3 Å². The Morgan fingerprint density at radius 1 is 1.06 bits per heavy atom. The number of nitrogens with one attached hydrogen (secondary N) is 1. The monoisotopic (exact) mass is 450 g/mol. The lowest BCUT2D eigenvalue weighted by molar-refractivity contribution is -0.145. The van der Waals surface area contributed by atoms with Crippen LogP contribution in [0.3, 0.4) is 0 Å². The molecule has 3 atom stereocenters. The first kappa shape index (κ1) is 22.1. The van der Waals surface area contributed by atoms with Crippen LogP contribution in [0.4, 0.5) is 5.69 Å². The van der Waals surface area contributed by atoms with Crippen molar-refractivity contribution in [2.24, 2.45) is 11.8 Å². The van der Waals surface area contributed by atoms with Gasteiger partial charge >= 0.3 is 0 Å². The number of nitrogens with zero attached hydrogens (tertiary/aromatic N) is 3. The van der Waals surface area contributed by atoms with Crippen LogP contribution in [0.2, 0.25) is 0 Å². The van der Waals surface area contributed by atoms with Crippen LogP contribution in [0.15, 0.2) is 24.3 Å². The van der Waals surface area contributed by atoms with E-state index in [1.807, 2.05) is 17.0 Å². The molecule has 1 aromatic carbocycles. The fourth-order valence-electron chi connectivity index (χ4n) is 5.30. The maximum Gasteiger partial charge on any atom is 0.226 e. The van der Waals surface area contributed by atoms with Crippen molar-refractivity contribution in [1.29, 1.82) is 5.26 Å². The molecule has 1 aliphatic heterocycles. The van der Waals surface area contributed by atoms with Gasteiger partial charge in [-0.2, -0.15) is 5.26 Å². The van der Waals surface area contributed by atoms with Crippen molar-refractivity contribution in [3.63, 3.8) is 0 Å². The highest BCUT2D eigenvalue weighted by molar-refractivity contribution is 5.89. The number of hydrogen-bond donors (Lipinski definition) is 1. The van der Waals surface area contributed by atoms with Crippen LogP contribution in [-0.2, 0) is 9.59 Å². The molecule has 7 heteroatoms. The Bertz CT molecular complexity index is 932. The standard InChI is InChI=1S/C26H34N4O3/c1-18-16-29(19-6-8-20(9-7-19)33-21-10-11-21)14-15-30(18)25(32)23-5-3-2-4-22(23)24(31)28-26(17-27)12-13-26/h6-9,18,21-23H,2-5,10-16H2,1H3,(H,28,31)/t18-,22?,23?/m1/s1. The molecule has 3 aliphatic carbocycles. The lowest BCUT2D eigenvalue weighted by Crippen LogP contribution is -2.57. The number of rotatable bonds is 6. The minimum Gasteiger partial charge on any atom is -0.490 e. The zero-order chi connectivity index (χ0) is 23.0. The van der Waals surface area contributed by atoms with E-state index in [4.69, 9.17) is 4.74 Å². The zero-order valence-corrected chi connectivity index (χ0v) is 19.5. The smallest absolute Gasteiger partial charge is 0.226 e. The number of carbonyl (C=O) groups is 2. The summed E-state index contributed by atoms with van der Waals surface area (Å²) in [5, 5.41) is 12.3. The average Bonchev–Trinajstić information content (AvgIpc) is 3.77. The molecule has 5 rings (SSSR count). The van der Waals surface area contributed by atoms with Gasteiger partial charge in [-0.05, 0) is 69.7 Å². The molecule has 0 bridgehead atoms. The molecule has 2 amide bonds. The van der Waals surface area contributed by atoms with Gasteiger partial charge in [0.25, 0.3) is 0 Å². The lowest BCUT2D eigenvalue weighted by atomic mass is 9.77. The van der Waals surface area contributed by atoms with Crippen molar-refractivity contribution in [2.45, 2.75) is 76.0 Å². The van der Waals surface area contributed by atoms with Crippen molar-refractivity contribution >= 4 is 17.5 Å². The van der Waals surface area contributed by atoms with Crippen molar-refractivity contribution in [3.05, 3.63) is 24.3 Å². The second-order valence-corrected chi connectivity index (χ2v) is 10.3. The number of nitriles is 1. The van der Waals surface area contributed by atoms with Crippen molar-refractivity contribution in [2.75, 3.05) is 24.5 Å². The minimum atomic E-state index is -0.680. The molecule has 4 fully saturated rings. The topological polar surface area (TPSA) is 85.7 Å². The summed E-state index contributed by atoms with van der Waals surface area (Å²) in [5.41, 5.74) is 0.471. The fourth-order valence-corrected chi connectivity index (χ4v) is 5.30. The quantitative estimate of drug-likeness (QED) is 0.719. The molecular weight excluding hydrogens is 416 g/mol. The highest BCUT2D eigenvalue weighted by Gasteiger charge is 2.48. The third kappa shape index (κ3) is 4.80. The van der Waals surface area contributed by atoms with Crippen LogP contribution >= 0.6 is 0 Å². The van der Waals surface area contributed by atoms with Crippen LogP contribution in [0.1, 0.15) is 58.3 Å². The number of benzene rings is 1. The van der Waals surface area contributed by atoms with E-state index in [0.29, 0.717) is 25.5 Å². The number of amides is 2. The van der Waals surface area contributed by atoms with Gasteiger partial charge in [-0.1, -0.05) is 12.8 Å². The number of hydrogen-bond acceptors (Lipinski definition) is 5. The summed E-state index contributed by atoms with van der Waals surface area (Å²) in [6.45, 7) is 4.31. The van der Waals surface area contributed by atoms with E-state index in [1.54, 1.807) is 0 Å². The molecule has 1 N–H and O–H groups in total. The van der Waals surface area contributed by atoms with Crippen LogP contribution in [0.25, 0.3) is 0 Å². The predicted molar refractivity (Wildman–Crippen MR) is 125 cm³/mol. The first-order valence-corrected chi connectivity index (χ1v) is 12.5. The number of piperazine rings is 1. The van der Waals surface area contributed by atoms with E-state index >= 15 is 0 Å². The maximum atomic E-state index is 13.6. The van der Waals surface area contributed by atoms with Crippen molar-refractivity contribution in [3.8, 4) is 11.8 Å². The normalized spacial score (nSPS) is 28.5. The number of anilines is 1. The maximum absolute atomic E-state index is 13.6. The Kier molecular flexibility index (Phi) is 5.94. The molecule has 33 heavy (non-hydrogen) atoms. The van der Waals surface area contributed by atoms with E-state index in [9.17, 15) is 14.9 Å². The van der Waals surface area contributed by atoms with E-state index in [1.165, 1.54) is 0 Å². The van der Waals surface area contributed by atoms with E-state index < -0.39 is 5.54 Å². The van der Waals surface area contributed by atoms with E-state index in [-0.39, 0.29) is 29.7 Å². The molecule has 3 saturated carbocycles. The summed E-state index contributed by atoms with van der Waals surface area (Å²) >= 11 is 0. The first-order chi connectivity index (χ1) is 16.0. The second-order valence-electron chi connectivity index (χ2n) is 10.3. The Balaban J connectivity index is 1.20. The predicted octanol–water partition coefficient (Wildman–Crippen LogP) is 3.24. The Labute approximate surface area is 196 Å². The van der Waals surface area contributed by atoms with Gasteiger partial charge < -0.3 is 19.9 Å². The molecule has 0 aromatic heterocycles. The molecule has 1 saturated heterocycles. The molecule has 4 aliphatic rings. The highest BCUT2D eigenvalue weighted by atomic mass is 16.5. The van der Waals surface area contributed by atoms with Crippen LogP contribution in [-0.4, -0.2) is 54.0 Å². The zero-order valence-electron chi connectivity index (χ0n) is 19.5. The van der Waals surface area contributed by atoms with Gasteiger partial charge in [0.2, 0.25) is 11.8 Å². The fraction of sp³-hybridized carbons (Fsp3) is 0.654. The van der Waals surface area contributed by atoms with Crippen LogP contribution in [0, 0.1) is 23.2 Å². The molecule has 0 radical (unpaired) electrons. The lowest BCUT2D eigenvalue weighted by Gasteiger charge is -2.43. The van der Waals surface area contributed by atoms with E-state index in [0.717, 1.165) is 63.1 Å². The SMILES string of the molecule is C[C@@H]1CN(c2ccc(OC3CC3)cc2)CCN1C(=O)C1CCCCC1C(=O)NC1(C#N)CC1. The molecule has 1 aromatic rings. The molecule has 0 spiro atoms. The van der Waals surface area contributed by atoms with Crippen LogP contribution < -0.4 is 15.0 Å². The summed E-state index contributed by atoms with van der Waals surface area (Å²) in [6, 6.07) is 10.6. The van der Waals surface area contributed by atoms with Gasteiger partial charge in [-0.3, -0.25) is 9.59 Å². The van der Waals surface area contributed by atoms with Gasteiger partial charge in [0.05, 0.1) is 12.2 Å². The molecule has 176 valence electrons. The molecule has 2 unspecified atom stereocenters. The molecule has 1 heterocycles. The van der Waals surface area contributed by atoms with Crippen molar-refractivity contribution < 1.29 is 14.3 Å². The highest BCUT2D eigenvalue weighted by Crippen LogP contribution is 2.38. The summed E-state index contributed by atoms with van der Waals surface area (Å²) in [6.07, 6.45) is 7.56. The third-order valence-electron chi connectivity index (χ3n) is 7.69. The summed E-state index contributed by atoms with van der Waals surface area (Å²) < 4.78 is 5.85. The van der Waals surface area contributed by atoms with Crippen molar-refractivity contribution in [1.82, 2.24) is 10.2 Å². The summed E-state index contributed by atoms with van der Waals surface area (Å²) in [4.78, 5) is 30.9. The van der Waals surface area contributed by atoms with Crippen LogP contribution in [0.5, 0.6) is 5.75 Å². The van der Waals surface area contributed by atoms with Gasteiger partial charge in [-0.25, -0.2) is 0 Å². The average molecular weight is 451 g/mol. The minimum absolute atomic E-state index is 0.0770.